The molecule has 0 aliphatic rings. The first-order valence-corrected chi connectivity index (χ1v) is 7.86. The lowest BCUT2D eigenvalue weighted by Crippen LogP contribution is -2.32. The lowest BCUT2D eigenvalue weighted by Gasteiger charge is -2.29. The van der Waals surface area contributed by atoms with Gasteiger partial charge in [0.1, 0.15) is 0 Å². The second-order valence-electron chi connectivity index (χ2n) is 5.37. The van der Waals surface area contributed by atoms with Gasteiger partial charge in [-0.15, -0.1) is 0 Å². The van der Waals surface area contributed by atoms with Gasteiger partial charge in [0, 0.05) is 6.54 Å². The van der Waals surface area contributed by atoms with Gasteiger partial charge in [-0.2, -0.15) is 11.3 Å². The third-order valence-corrected chi connectivity index (χ3v) is 4.16. The summed E-state index contributed by atoms with van der Waals surface area (Å²) < 4.78 is 0. The van der Waals surface area contributed by atoms with Gasteiger partial charge in [-0.3, -0.25) is 0 Å². The van der Waals surface area contributed by atoms with Crippen LogP contribution >= 0.6 is 11.3 Å². The average Bonchev–Trinajstić information content (AvgIpc) is 2.80. The third-order valence-electron chi connectivity index (χ3n) is 3.43. The average molecular weight is 253 g/mol. The molecule has 0 spiro atoms. The molecule has 0 saturated heterocycles. The Kier molecular flexibility index (Phi) is 6.83. The summed E-state index contributed by atoms with van der Waals surface area (Å²) in [4.78, 5) is 0. The quantitative estimate of drug-likeness (QED) is 0.640. The molecular weight excluding hydrogens is 226 g/mol. The van der Waals surface area contributed by atoms with E-state index in [1.165, 1.54) is 44.2 Å². The second-order valence-corrected chi connectivity index (χ2v) is 6.15. The van der Waals surface area contributed by atoms with Gasteiger partial charge in [-0.1, -0.05) is 27.2 Å². The first kappa shape index (κ1) is 14.7. The van der Waals surface area contributed by atoms with E-state index in [9.17, 15) is 0 Å². The molecule has 2 heteroatoms. The standard InChI is InChI=1S/C15H27NS/c1-4-8-15(3,13-16-10-5-2)9-6-14-7-11-17-12-14/h7,11-12,16H,4-6,8-10,13H2,1-3H3. The zero-order valence-corrected chi connectivity index (χ0v) is 12.4. The Morgan fingerprint density at radius 3 is 2.65 bits per heavy atom. The van der Waals surface area contributed by atoms with E-state index in [1.807, 2.05) is 11.3 Å². The first-order valence-electron chi connectivity index (χ1n) is 6.92. The topological polar surface area (TPSA) is 12.0 Å². The molecule has 1 nitrogen and oxygen atoms in total. The predicted molar refractivity (Wildman–Crippen MR) is 78.8 cm³/mol. The molecule has 1 aromatic heterocycles. The maximum Gasteiger partial charge on any atom is 0.000527 e. The summed E-state index contributed by atoms with van der Waals surface area (Å²) in [5.41, 5.74) is 1.97. The summed E-state index contributed by atoms with van der Waals surface area (Å²) in [5.74, 6) is 0. The Hall–Kier alpha value is -0.340. The van der Waals surface area contributed by atoms with Crippen LogP contribution in [0.25, 0.3) is 0 Å². The highest BCUT2D eigenvalue weighted by atomic mass is 32.1. The Morgan fingerprint density at radius 1 is 1.24 bits per heavy atom. The van der Waals surface area contributed by atoms with Crippen LogP contribution in [0.1, 0.15) is 52.0 Å². The summed E-state index contributed by atoms with van der Waals surface area (Å²) in [6, 6.07) is 2.26. The largest absolute Gasteiger partial charge is 0.316 e. The van der Waals surface area contributed by atoms with Crippen molar-refractivity contribution in [3.63, 3.8) is 0 Å². The Morgan fingerprint density at radius 2 is 2.06 bits per heavy atom. The van der Waals surface area contributed by atoms with Crippen molar-refractivity contribution >= 4 is 11.3 Å². The lowest BCUT2D eigenvalue weighted by molar-refractivity contribution is 0.256. The molecule has 17 heavy (non-hydrogen) atoms. The van der Waals surface area contributed by atoms with E-state index in [4.69, 9.17) is 0 Å². The van der Waals surface area contributed by atoms with Crippen molar-refractivity contribution in [2.24, 2.45) is 5.41 Å². The highest BCUT2D eigenvalue weighted by Gasteiger charge is 2.22. The summed E-state index contributed by atoms with van der Waals surface area (Å²) in [7, 11) is 0. The van der Waals surface area contributed by atoms with Gasteiger partial charge < -0.3 is 5.32 Å². The highest BCUT2D eigenvalue weighted by Crippen LogP contribution is 2.29. The molecule has 0 amide bonds. The smallest absolute Gasteiger partial charge is 0.000527 e. The van der Waals surface area contributed by atoms with E-state index >= 15 is 0 Å². The van der Waals surface area contributed by atoms with Crippen LogP contribution in [0.3, 0.4) is 0 Å². The third kappa shape index (κ3) is 5.69. The van der Waals surface area contributed by atoms with E-state index < -0.39 is 0 Å². The van der Waals surface area contributed by atoms with Crippen molar-refractivity contribution in [2.75, 3.05) is 13.1 Å². The predicted octanol–water partition coefficient (Wildman–Crippen LogP) is 4.49. The summed E-state index contributed by atoms with van der Waals surface area (Å²) in [6.45, 7) is 9.28. The van der Waals surface area contributed by atoms with Crippen LogP contribution in [0, 0.1) is 5.41 Å². The number of hydrogen-bond donors (Lipinski definition) is 1. The van der Waals surface area contributed by atoms with E-state index in [1.54, 1.807) is 0 Å². The van der Waals surface area contributed by atoms with Gasteiger partial charge in [-0.25, -0.2) is 0 Å². The molecule has 0 bridgehead atoms. The van der Waals surface area contributed by atoms with Crippen molar-refractivity contribution in [3.05, 3.63) is 22.4 Å². The minimum atomic E-state index is 0.464. The lowest BCUT2D eigenvalue weighted by atomic mass is 9.80. The van der Waals surface area contributed by atoms with Crippen molar-refractivity contribution in [3.8, 4) is 0 Å². The fourth-order valence-corrected chi connectivity index (χ4v) is 3.06. The minimum Gasteiger partial charge on any atom is -0.316 e. The molecule has 0 saturated carbocycles. The fourth-order valence-electron chi connectivity index (χ4n) is 2.35. The Balaban J connectivity index is 2.39. The fraction of sp³-hybridized carbons (Fsp3) is 0.733. The molecular formula is C15H27NS. The van der Waals surface area contributed by atoms with Crippen LogP contribution in [0.5, 0.6) is 0 Å². The SMILES string of the molecule is CCCNCC(C)(CCC)CCc1ccsc1. The number of thiophene rings is 1. The van der Waals surface area contributed by atoms with Gasteiger partial charge in [0.2, 0.25) is 0 Å². The van der Waals surface area contributed by atoms with Crippen molar-refractivity contribution in [2.45, 2.75) is 52.9 Å². The first-order chi connectivity index (χ1) is 8.20. The van der Waals surface area contributed by atoms with Crippen LogP contribution in [0.4, 0.5) is 0 Å². The van der Waals surface area contributed by atoms with E-state index in [0.29, 0.717) is 5.41 Å². The van der Waals surface area contributed by atoms with Crippen LogP contribution in [-0.4, -0.2) is 13.1 Å². The Bertz CT molecular complexity index is 281. The van der Waals surface area contributed by atoms with Gasteiger partial charge in [0.05, 0.1) is 0 Å². The van der Waals surface area contributed by atoms with Crippen molar-refractivity contribution < 1.29 is 0 Å². The van der Waals surface area contributed by atoms with E-state index in [2.05, 4.69) is 42.9 Å². The summed E-state index contributed by atoms with van der Waals surface area (Å²) in [6.07, 6.45) is 6.37. The molecule has 0 fully saturated rings. The molecule has 0 radical (unpaired) electrons. The van der Waals surface area contributed by atoms with Crippen molar-refractivity contribution in [1.29, 1.82) is 0 Å². The minimum absolute atomic E-state index is 0.464. The van der Waals surface area contributed by atoms with Gasteiger partial charge in [0.25, 0.3) is 0 Å². The number of rotatable bonds is 9. The Labute approximate surface area is 111 Å². The van der Waals surface area contributed by atoms with E-state index in [-0.39, 0.29) is 0 Å². The van der Waals surface area contributed by atoms with Gasteiger partial charge in [0.15, 0.2) is 0 Å². The second kappa shape index (κ2) is 7.88. The molecule has 1 aromatic rings. The molecule has 0 aliphatic heterocycles. The monoisotopic (exact) mass is 253 g/mol. The number of aryl methyl sites for hydroxylation is 1. The van der Waals surface area contributed by atoms with Gasteiger partial charge in [-0.05, 0) is 60.0 Å². The maximum atomic E-state index is 3.59. The highest BCUT2D eigenvalue weighted by molar-refractivity contribution is 7.07. The molecule has 1 atom stereocenters. The number of hydrogen-bond acceptors (Lipinski definition) is 2. The van der Waals surface area contributed by atoms with Crippen LogP contribution in [0.15, 0.2) is 16.8 Å². The molecule has 98 valence electrons. The zero-order valence-electron chi connectivity index (χ0n) is 11.6. The molecule has 1 N–H and O–H groups in total. The summed E-state index contributed by atoms with van der Waals surface area (Å²) in [5, 5.41) is 8.06. The van der Waals surface area contributed by atoms with Crippen LogP contribution in [0.2, 0.25) is 0 Å². The van der Waals surface area contributed by atoms with E-state index in [0.717, 1.165) is 6.54 Å². The normalized spacial score (nSPS) is 14.8. The molecule has 0 aliphatic carbocycles. The molecule has 1 unspecified atom stereocenters. The molecule has 1 heterocycles. The van der Waals surface area contributed by atoms with Crippen molar-refractivity contribution in [1.82, 2.24) is 5.32 Å². The molecule has 1 rings (SSSR count). The molecule has 0 aromatic carbocycles. The maximum absolute atomic E-state index is 3.59. The van der Waals surface area contributed by atoms with Gasteiger partial charge >= 0.3 is 0 Å². The summed E-state index contributed by atoms with van der Waals surface area (Å²) >= 11 is 1.81. The zero-order chi connectivity index (χ0) is 12.6. The number of nitrogens with one attached hydrogen (secondary N) is 1. The van der Waals surface area contributed by atoms with Crippen LogP contribution in [-0.2, 0) is 6.42 Å². The van der Waals surface area contributed by atoms with Crippen LogP contribution < -0.4 is 5.32 Å².